The zero-order chi connectivity index (χ0) is 8.74. The maximum atomic E-state index is 11.8. The second-order valence-electron chi connectivity index (χ2n) is 5.08. The van der Waals surface area contributed by atoms with Gasteiger partial charge in [-0.25, -0.2) is 0 Å². The molecule has 4 rings (SSSR count). The van der Waals surface area contributed by atoms with Crippen molar-refractivity contribution in [2.24, 2.45) is 35.5 Å². The molecule has 3 saturated carbocycles. The lowest BCUT2D eigenvalue weighted by Gasteiger charge is -2.25. The van der Waals surface area contributed by atoms with E-state index in [1.54, 1.807) is 0 Å². The molecule has 0 aromatic rings. The number of ketones is 1. The van der Waals surface area contributed by atoms with E-state index in [4.69, 9.17) is 0 Å². The molecule has 3 fully saturated rings. The molecule has 0 amide bonds. The molecule has 0 heterocycles. The highest BCUT2D eigenvalue weighted by Crippen LogP contribution is 2.69. The molecule has 6 atom stereocenters. The maximum Gasteiger partial charge on any atom is 0.137 e. The molecule has 4 aliphatic rings. The topological polar surface area (TPSA) is 17.1 Å². The van der Waals surface area contributed by atoms with Crippen LogP contribution in [0.2, 0.25) is 0 Å². The number of Topliss-reactive ketones (excluding diaryl/α,β-unsaturated/α-hetero) is 1. The molecule has 13 heavy (non-hydrogen) atoms. The van der Waals surface area contributed by atoms with Gasteiger partial charge in [-0.1, -0.05) is 22.0 Å². The van der Waals surface area contributed by atoms with E-state index in [1.807, 2.05) is 0 Å². The number of hydrogen-bond donors (Lipinski definition) is 0. The third-order valence-corrected chi connectivity index (χ3v) is 5.66. The van der Waals surface area contributed by atoms with Gasteiger partial charge in [-0.2, -0.15) is 0 Å². The summed E-state index contributed by atoms with van der Waals surface area (Å²) < 4.78 is 1.35. The number of hydrogen-bond acceptors (Lipinski definition) is 1. The van der Waals surface area contributed by atoms with E-state index in [2.05, 4.69) is 22.0 Å². The Kier molecular flexibility index (Phi) is 1.08. The van der Waals surface area contributed by atoms with Crippen molar-refractivity contribution in [3.63, 3.8) is 0 Å². The third kappa shape index (κ3) is 0.604. The summed E-state index contributed by atoms with van der Waals surface area (Å²) in [6, 6.07) is 0. The summed E-state index contributed by atoms with van der Waals surface area (Å²) in [6.07, 6.45) is 4.64. The molecule has 2 heteroatoms. The Labute approximate surface area is 85.7 Å². The summed E-state index contributed by atoms with van der Waals surface area (Å²) in [6.45, 7) is 0. The van der Waals surface area contributed by atoms with Gasteiger partial charge in [-0.15, -0.1) is 0 Å². The number of carbonyl (C=O) groups is 1. The minimum absolute atomic E-state index is 0.416. The highest BCUT2D eigenvalue weighted by atomic mass is 79.9. The summed E-state index contributed by atoms with van der Waals surface area (Å²) in [5, 5.41) is 0. The van der Waals surface area contributed by atoms with Crippen molar-refractivity contribution in [3.8, 4) is 0 Å². The fourth-order valence-corrected chi connectivity index (χ4v) is 5.52. The SMILES string of the molecule is O=C1C[C@H]2[C@H]3C=C(Br)[C@@H]4[C@@H]3C[C@@H]2[C@@H]14. The predicted octanol–water partition coefficient (Wildman–Crippen LogP) is 2.37. The van der Waals surface area contributed by atoms with Gasteiger partial charge in [-0.05, 0) is 34.6 Å². The molecule has 0 N–H and O–H groups in total. The lowest BCUT2D eigenvalue weighted by molar-refractivity contribution is -0.121. The van der Waals surface area contributed by atoms with Crippen LogP contribution in [-0.4, -0.2) is 5.78 Å². The first-order valence-electron chi connectivity index (χ1n) is 5.17. The normalized spacial score (nSPS) is 60.7. The van der Waals surface area contributed by atoms with Crippen molar-refractivity contribution in [2.45, 2.75) is 12.8 Å². The molecule has 0 aromatic carbocycles. The zero-order valence-corrected chi connectivity index (χ0v) is 8.83. The van der Waals surface area contributed by atoms with Gasteiger partial charge in [-0.3, -0.25) is 4.79 Å². The summed E-state index contributed by atoms with van der Waals surface area (Å²) in [5.41, 5.74) is 0. The highest BCUT2D eigenvalue weighted by Gasteiger charge is 2.66. The van der Waals surface area contributed by atoms with Crippen molar-refractivity contribution in [1.82, 2.24) is 0 Å². The second-order valence-corrected chi connectivity index (χ2v) is 5.99. The van der Waals surface area contributed by atoms with Crippen molar-refractivity contribution >= 4 is 21.7 Å². The summed E-state index contributed by atoms with van der Waals surface area (Å²) in [4.78, 5) is 11.8. The van der Waals surface area contributed by atoms with Gasteiger partial charge in [0.05, 0.1) is 0 Å². The van der Waals surface area contributed by atoms with Crippen LogP contribution >= 0.6 is 15.9 Å². The lowest BCUT2D eigenvalue weighted by Crippen LogP contribution is -2.24. The standard InChI is InChI=1S/C11H11BrO/c12-8-2-4-5-3-9(13)11-7(5)1-6(4)10(8)11/h2,4-7,10-11H,1,3H2/t4-,5+,6-,7+,10+,11+/m1/s1. The molecule has 2 bridgehead atoms. The van der Waals surface area contributed by atoms with Gasteiger partial charge >= 0.3 is 0 Å². The average molecular weight is 239 g/mol. The van der Waals surface area contributed by atoms with Crippen molar-refractivity contribution < 1.29 is 4.79 Å². The van der Waals surface area contributed by atoms with Crippen molar-refractivity contribution in [1.29, 1.82) is 0 Å². The van der Waals surface area contributed by atoms with Crippen LogP contribution in [0.3, 0.4) is 0 Å². The predicted molar refractivity (Wildman–Crippen MR) is 52.2 cm³/mol. The average Bonchev–Trinajstić information content (AvgIpc) is 2.67. The van der Waals surface area contributed by atoms with Crippen LogP contribution < -0.4 is 0 Å². The summed E-state index contributed by atoms with van der Waals surface area (Å²) in [5.74, 6) is 4.66. The van der Waals surface area contributed by atoms with Crippen molar-refractivity contribution in [2.75, 3.05) is 0 Å². The van der Waals surface area contributed by atoms with Crippen LogP contribution in [0.1, 0.15) is 12.8 Å². The smallest absolute Gasteiger partial charge is 0.137 e. The molecule has 0 radical (unpaired) electrons. The molecular formula is C11H11BrO. The maximum absolute atomic E-state index is 11.8. The Hall–Kier alpha value is -0.110. The van der Waals surface area contributed by atoms with E-state index in [0.29, 0.717) is 17.6 Å². The van der Waals surface area contributed by atoms with Gasteiger partial charge < -0.3 is 0 Å². The molecule has 68 valence electrons. The molecule has 0 unspecified atom stereocenters. The number of fused-ring (bicyclic) bond motifs is 2. The van der Waals surface area contributed by atoms with Gasteiger partial charge in [0.1, 0.15) is 5.78 Å². The van der Waals surface area contributed by atoms with Gasteiger partial charge in [0.2, 0.25) is 0 Å². The zero-order valence-electron chi connectivity index (χ0n) is 7.24. The van der Waals surface area contributed by atoms with E-state index >= 15 is 0 Å². The molecular weight excluding hydrogens is 228 g/mol. The van der Waals surface area contributed by atoms with E-state index in [0.717, 1.165) is 30.1 Å². The Morgan fingerprint density at radius 2 is 2.08 bits per heavy atom. The van der Waals surface area contributed by atoms with Gasteiger partial charge in [0.25, 0.3) is 0 Å². The Morgan fingerprint density at radius 3 is 2.92 bits per heavy atom. The number of halogens is 1. The molecule has 0 spiro atoms. The molecule has 4 aliphatic carbocycles. The Morgan fingerprint density at radius 1 is 1.23 bits per heavy atom. The minimum Gasteiger partial charge on any atom is -0.299 e. The van der Waals surface area contributed by atoms with Gasteiger partial charge in [0.15, 0.2) is 0 Å². The molecule has 1 nitrogen and oxygen atoms in total. The van der Waals surface area contributed by atoms with Gasteiger partial charge in [0, 0.05) is 18.3 Å². The first-order valence-corrected chi connectivity index (χ1v) is 5.96. The number of allylic oxidation sites excluding steroid dienone is 2. The second kappa shape index (κ2) is 1.95. The fraction of sp³-hybridized carbons (Fsp3) is 0.727. The van der Waals surface area contributed by atoms with Crippen LogP contribution in [-0.2, 0) is 4.79 Å². The Balaban J connectivity index is 1.96. The minimum atomic E-state index is 0.416. The monoisotopic (exact) mass is 238 g/mol. The third-order valence-electron chi connectivity index (χ3n) is 4.87. The van der Waals surface area contributed by atoms with E-state index in [-0.39, 0.29) is 0 Å². The fourth-order valence-electron chi connectivity index (χ4n) is 4.59. The number of rotatable bonds is 0. The van der Waals surface area contributed by atoms with E-state index < -0.39 is 0 Å². The van der Waals surface area contributed by atoms with Crippen LogP contribution in [0.4, 0.5) is 0 Å². The highest BCUT2D eigenvalue weighted by molar-refractivity contribution is 9.11. The van der Waals surface area contributed by atoms with Crippen LogP contribution in [0, 0.1) is 35.5 Å². The summed E-state index contributed by atoms with van der Waals surface area (Å²) in [7, 11) is 0. The van der Waals surface area contributed by atoms with Crippen molar-refractivity contribution in [3.05, 3.63) is 10.6 Å². The largest absolute Gasteiger partial charge is 0.299 e. The van der Waals surface area contributed by atoms with Crippen LogP contribution in [0.5, 0.6) is 0 Å². The van der Waals surface area contributed by atoms with E-state index in [1.165, 1.54) is 10.9 Å². The first kappa shape index (κ1) is 7.22. The summed E-state index contributed by atoms with van der Waals surface area (Å²) >= 11 is 3.65. The lowest BCUT2D eigenvalue weighted by atomic mass is 9.79. The molecule has 0 aliphatic heterocycles. The number of carbonyl (C=O) groups excluding carboxylic acids is 1. The quantitative estimate of drug-likeness (QED) is 0.634. The molecule has 0 saturated heterocycles. The van der Waals surface area contributed by atoms with Crippen LogP contribution in [0.25, 0.3) is 0 Å². The molecule has 0 aromatic heterocycles. The Bertz CT molecular complexity index is 346. The van der Waals surface area contributed by atoms with Crippen LogP contribution in [0.15, 0.2) is 10.6 Å². The first-order chi connectivity index (χ1) is 6.27. The van der Waals surface area contributed by atoms with E-state index in [9.17, 15) is 4.79 Å².